The van der Waals surface area contributed by atoms with Crippen LogP contribution >= 0.6 is 0 Å². The van der Waals surface area contributed by atoms with Crippen molar-refractivity contribution in [3.8, 4) is 0 Å². The molecule has 1 unspecified atom stereocenters. The molecular formula is C5H10BO. The molecule has 1 heterocycles. The van der Waals surface area contributed by atoms with Gasteiger partial charge in [0.25, 0.3) is 0 Å². The van der Waals surface area contributed by atoms with E-state index in [-0.39, 0.29) is 0 Å². The van der Waals surface area contributed by atoms with Crippen molar-refractivity contribution in [3.05, 3.63) is 0 Å². The molecule has 0 aromatic carbocycles. The SMILES string of the molecule is C[B]C1CCCO1. The summed E-state index contributed by atoms with van der Waals surface area (Å²) in [6, 6.07) is 0.472. The van der Waals surface area contributed by atoms with E-state index in [9.17, 15) is 0 Å². The van der Waals surface area contributed by atoms with Crippen LogP contribution in [0.4, 0.5) is 0 Å². The molecule has 1 atom stereocenters. The molecule has 0 aromatic heterocycles. The highest BCUT2D eigenvalue weighted by atomic mass is 16.5. The number of hydrogen-bond donors (Lipinski definition) is 0. The topological polar surface area (TPSA) is 9.23 Å². The third kappa shape index (κ3) is 1.20. The zero-order valence-electron chi connectivity index (χ0n) is 4.68. The Morgan fingerprint density at radius 2 is 2.57 bits per heavy atom. The van der Waals surface area contributed by atoms with E-state index in [2.05, 4.69) is 14.1 Å². The Hall–Kier alpha value is 0.0249. The van der Waals surface area contributed by atoms with E-state index in [4.69, 9.17) is 4.74 Å². The lowest BCUT2D eigenvalue weighted by atomic mass is 9.74. The van der Waals surface area contributed by atoms with E-state index >= 15 is 0 Å². The predicted octanol–water partition coefficient (Wildman–Crippen LogP) is 0.875. The van der Waals surface area contributed by atoms with Crippen molar-refractivity contribution in [3.63, 3.8) is 0 Å². The Morgan fingerprint density at radius 1 is 1.71 bits per heavy atom. The van der Waals surface area contributed by atoms with E-state index in [0.29, 0.717) is 6.00 Å². The first-order valence-electron chi connectivity index (χ1n) is 2.84. The molecule has 0 aliphatic carbocycles. The van der Waals surface area contributed by atoms with Crippen molar-refractivity contribution in [2.75, 3.05) is 6.61 Å². The predicted molar refractivity (Wildman–Crippen MR) is 30.6 cm³/mol. The average Bonchev–Trinajstić information content (AvgIpc) is 2.14. The fourth-order valence-corrected chi connectivity index (χ4v) is 0.865. The Bertz CT molecular complexity index is 50.0. The summed E-state index contributed by atoms with van der Waals surface area (Å²) in [5, 5.41) is 0. The third-order valence-corrected chi connectivity index (χ3v) is 1.34. The normalized spacial score (nSPS) is 30.7. The van der Waals surface area contributed by atoms with Crippen LogP contribution in [0.15, 0.2) is 0 Å². The minimum absolute atomic E-state index is 0.472. The zero-order valence-corrected chi connectivity index (χ0v) is 4.68. The molecule has 1 rings (SSSR count). The van der Waals surface area contributed by atoms with Crippen LogP contribution in [0.1, 0.15) is 12.8 Å². The molecule has 7 heavy (non-hydrogen) atoms. The van der Waals surface area contributed by atoms with Gasteiger partial charge in [0, 0.05) is 12.6 Å². The van der Waals surface area contributed by atoms with E-state index in [1.165, 1.54) is 12.8 Å². The molecule has 2 heteroatoms. The van der Waals surface area contributed by atoms with Crippen LogP contribution in [0.3, 0.4) is 0 Å². The van der Waals surface area contributed by atoms with Crippen LogP contribution in [-0.4, -0.2) is 19.9 Å². The van der Waals surface area contributed by atoms with E-state index in [1.54, 1.807) is 0 Å². The van der Waals surface area contributed by atoms with Crippen LogP contribution in [0.5, 0.6) is 0 Å². The van der Waals surface area contributed by atoms with Crippen molar-refractivity contribution in [1.29, 1.82) is 0 Å². The van der Waals surface area contributed by atoms with E-state index in [1.807, 2.05) is 0 Å². The maximum Gasteiger partial charge on any atom is 0.146 e. The molecule has 39 valence electrons. The number of rotatable bonds is 1. The molecule has 0 aromatic rings. The lowest BCUT2D eigenvalue weighted by Gasteiger charge is -2.00. The third-order valence-electron chi connectivity index (χ3n) is 1.34. The van der Waals surface area contributed by atoms with Gasteiger partial charge in [0.15, 0.2) is 0 Å². The van der Waals surface area contributed by atoms with Crippen molar-refractivity contribution in [2.45, 2.75) is 25.7 Å². The summed E-state index contributed by atoms with van der Waals surface area (Å²) in [6.07, 6.45) is 2.48. The largest absolute Gasteiger partial charge is 0.387 e. The molecule has 1 fully saturated rings. The number of hydrogen-bond acceptors (Lipinski definition) is 1. The minimum Gasteiger partial charge on any atom is -0.387 e. The Balaban J connectivity index is 2.14. The first kappa shape index (κ1) is 5.17. The Labute approximate surface area is 45.3 Å². The highest BCUT2D eigenvalue weighted by molar-refractivity contribution is 6.35. The summed E-state index contributed by atoms with van der Waals surface area (Å²) in [5.74, 6) is 0. The number of ether oxygens (including phenoxy) is 1. The fourth-order valence-electron chi connectivity index (χ4n) is 0.865. The van der Waals surface area contributed by atoms with Crippen molar-refractivity contribution < 1.29 is 4.74 Å². The summed E-state index contributed by atoms with van der Waals surface area (Å²) >= 11 is 0. The molecule has 1 saturated heterocycles. The van der Waals surface area contributed by atoms with Crippen LogP contribution in [-0.2, 0) is 4.74 Å². The first-order chi connectivity index (χ1) is 3.43. The molecule has 0 amide bonds. The lowest BCUT2D eigenvalue weighted by molar-refractivity contribution is 0.166. The maximum atomic E-state index is 5.25. The van der Waals surface area contributed by atoms with Gasteiger partial charge in [-0.3, -0.25) is 0 Å². The molecular weight excluding hydrogens is 86.9 g/mol. The van der Waals surface area contributed by atoms with Gasteiger partial charge >= 0.3 is 0 Å². The van der Waals surface area contributed by atoms with Crippen LogP contribution < -0.4 is 0 Å². The maximum absolute atomic E-state index is 5.25. The van der Waals surface area contributed by atoms with Gasteiger partial charge in [-0.25, -0.2) is 0 Å². The Kier molecular flexibility index (Phi) is 1.74. The average molecular weight is 96.9 g/mol. The van der Waals surface area contributed by atoms with Crippen molar-refractivity contribution >= 4 is 7.28 Å². The van der Waals surface area contributed by atoms with Gasteiger partial charge in [0.05, 0.1) is 0 Å². The smallest absolute Gasteiger partial charge is 0.146 e. The van der Waals surface area contributed by atoms with Crippen LogP contribution in [0.2, 0.25) is 6.82 Å². The molecule has 0 bridgehead atoms. The van der Waals surface area contributed by atoms with Gasteiger partial charge in [0.2, 0.25) is 0 Å². The second-order valence-electron chi connectivity index (χ2n) is 1.88. The standard InChI is InChI=1S/C5H10BO/c1-6-5-3-2-4-7-5/h5H,2-4H2,1H3. The molecule has 0 spiro atoms. The molecule has 0 N–H and O–H groups in total. The summed E-state index contributed by atoms with van der Waals surface area (Å²) < 4.78 is 5.25. The summed E-state index contributed by atoms with van der Waals surface area (Å²) in [4.78, 5) is 0. The van der Waals surface area contributed by atoms with Gasteiger partial charge in [-0.05, 0) is 12.8 Å². The van der Waals surface area contributed by atoms with Crippen molar-refractivity contribution in [1.82, 2.24) is 0 Å². The summed E-state index contributed by atoms with van der Waals surface area (Å²) in [5.41, 5.74) is 0. The van der Waals surface area contributed by atoms with E-state index < -0.39 is 0 Å². The van der Waals surface area contributed by atoms with Crippen LogP contribution in [0, 0.1) is 0 Å². The Morgan fingerprint density at radius 3 is 2.86 bits per heavy atom. The van der Waals surface area contributed by atoms with Crippen molar-refractivity contribution in [2.24, 2.45) is 0 Å². The molecule has 0 saturated carbocycles. The van der Waals surface area contributed by atoms with Gasteiger partial charge in [-0.1, -0.05) is 6.82 Å². The molecule has 1 nitrogen and oxygen atoms in total. The molecule has 1 aliphatic rings. The van der Waals surface area contributed by atoms with Gasteiger partial charge in [0.1, 0.15) is 7.28 Å². The minimum atomic E-state index is 0.472. The van der Waals surface area contributed by atoms with Gasteiger partial charge in [-0.2, -0.15) is 0 Å². The second kappa shape index (κ2) is 2.36. The second-order valence-corrected chi connectivity index (χ2v) is 1.88. The zero-order chi connectivity index (χ0) is 5.11. The van der Waals surface area contributed by atoms with Gasteiger partial charge < -0.3 is 4.74 Å². The molecule has 1 aliphatic heterocycles. The first-order valence-corrected chi connectivity index (χ1v) is 2.84. The van der Waals surface area contributed by atoms with Gasteiger partial charge in [-0.15, -0.1) is 0 Å². The lowest BCUT2D eigenvalue weighted by Crippen LogP contribution is -2.10. The summed E-state index contributed by atoms with van der Waals surface area (Å²) in [7, 11) is 2.12. The highest BCUT2D eigenvalue weighted by Crippen LogP contribution is 2.09. The fraction of sp³-hybridized carbons (Fsp3) is 1.00. The van der Waals surface area contributed by atoms with Crippen LogP contribution in [0.25, 0.3) is 0 Å². The monoisotopic (exact) mass is 97.1 g/mol. The highest BCUT2D eigenvalue weighted by Gasteiger charge is 2.12. The van der Waals surface area contributed by atoms with E-state index in [0.717, 1.165) is 6.61 Å². The molecule has 1 radical (unpaired) electrons. The quantitative estimate of drug-likeness (QED) is 0.441. The summed E-state index contributed by atoms with van der Waals surface area (Å²) in [6.45, 7) is 3.02.